The number of carboxylic acid groups (broad SMARTS) is 1. The summed E-state index contributed by atoms with van der Waals surface area (Å²) in [5.74, 6) is -9.39. The van der Waals surface area contributed by atoms with Crippen molar-refractivity contribution in [3.63, 3.8) is 0 Å². The Morgan fingerprint density at radius 1 is 1.22 bits per heavy atom. The molecule has 0 saturated carbocycles. The summed E-state index contributed by atoms with van der Waals surface area (Å²) in [6, 6.07) is 0. The third-order valence-electron chi connectivity index (χ3n) is 1.56. The fourth-order valence-electron chi connectivity index (χ4n) is 0.688. The third-order valence-corrected chi connectivity index (χ3v) is 1.56. The van der Waals surface area contributed by atoms with Gasteiger partial charge >= 0.3 is 30.4 Å². The van der Waals surface area contributed by atoms with E-state index in [-0.39, 0.29) is 0 Å². The molecule has 0 amide bonds. The second-order valence-electron chi connectivity index (χ2n) is 3.01. The van der Waals surface area contributed by atoms with Gasteiger partial charge in [-0.05, 0) is 0 Å². The second-order valence-corrected chi connectivity index (χ2v) is 3.01. The molecule has 0 bridgehead atoms. The largest absolute Gasteiger partial charge is 0.481 e. The molecule has 0 spiro atoms. The standard InChI is InChI=1S/C8H6F6O4/c1-3(2-4(15)16)5(17)18-7(11,6(9)10)8(12,13)14/h6H,1-2H2,(H,15,16). The molecule has 0 aromatic rings. The van der Waals surface area contributed by atoms with E-state index < -0.39 is 42.4 Å². The monoisotopic (exact) mass is 280 g/mol. The van der Waals surface area contributed by atoms with Crippen molar-refractivity contribution in [1.82, 2.24) is 0 Å². The number of carboxylic acids is 1. The minimum atomic E-state index is -6.17. The van der Waals surface area contributed by atoms with Crippen LogP contribution in [0.25, 0.3) is 0 Å². The molecule has 0 aliphatic carbocycles. The van der Waals surface area contributed by atoms with Crippen LogP contribution in [-0.2, 0) is 14.3 Å². The number of halogens is 6. The minimum absolute atomic E-state index is 1.10. The lowest BCUT2D eigenvalue weighted by atomic mass is 10.2. The van der Waals surface area contributed by atoms with Gasteiger partial charge in [-0.15, -0.1) is 0 Å². The van der Waals surface area contributed by atoms with Crippen molar-refractivity contribution in [3.8, 4) is 0 Å². The van der Waals surface area contributed by atoms with Crippen LogP contribution in [-0.4, -0.2) is 35.5 Å². The van der Waals surface area contributed by atoms with Crippen LogP contribution in [0.4, 0.5) is 26.3 Å². The molecular formula is C8H6F6O4. The van der Waals surface area contributed by atoms with Crippen molar-refractivity contribution in [2.24, 2.45) is 0 Å². The number of carbonyl (C=O) groups excluding carboxylic acids is 1. The average Bonchev–Trinajstić information content (AvgIpc) is 2.13. The van der Waals surface area contributed by atoms with Gasteiger partial charge in [-0.1, -0.05) is 6.58 Å². The van der Waals surface area contributed by atoms with Gasteiger partial charge in [0.15, 0.2) is 0 Å². The van der Waals surface area contributed by atoms with Gasteiger partial charge in [0.2, 0.25) is 0 Å². The highest BCUT2D eigenvalue weighted by Gasteiger charge is 2.66. The zero-order valence-electron chi connectivity index (χ0n) is 8.43. The number of ether oxygens (including phenoxy) is 1. The Hall–Kier alpha value is -1.74. The van der Waals surface area contributed by atoms with Gasteiger partial charge in [-0.25, -0.2) is 13.6 Å². The SMILES string of the molecule is C=C(CC(=O)O)C(=O)OC(F)(C(F)F)C(F)(F)F. The molecule has 10 heteroatoms. The maximum absolute atomic E-state index is 12.9. The van der Waals surface area contributed by atoms with Crippen molar-refractivity contribution in [3.05, 3.63) is 12.2 Å². The van der Waals surface area contributed by atoms with Crippen molar-refractivity contribution in [2.45, 2.75) is 24.9 Å². The van der Waals surface area contributed by atoms with E-state index in [1.807, 2.05) is 0 Å². The number of alkyl halides is 6. The molecule has 1 unspecified atom stereocenters. The molecule has 0 aromatic carbocycles. The van der Waals surface area contributed by atoms with Crippen molar-refractivity contribution in [1.29, 1.82) is 0 Å². The van der Waals surface area contributed by atoms with E-state index in [4.69, 9.17) is 5.11 Å². The van der Waals surface area contributed by atoms with E-state index in [0.29, 0.717) is 0 Å². The van der Waals surface area contributed by atoms with Gasteiger partial charge < -0.3 is 9.84 Å². The quantitative estimate of drug-likeness (QED) is 0.475. The first kappa shape index (κ1) is 16.3. The molecule has 0 aliphatic rings. The zero-order valence-corrected chi connectivity index (χ0v) is 8.43. The summed E-state index contributed by atoms with van der Waals surface area (Å²) < 4.78 is 75.6. The molecule has 0 aromatic heterocycles. The molecule has 0 heterocycles. The molecule has 0 aliphatic heterocycles. The molecule has 0 fully saturated rings. The van der Waals surface area contributed by atoms with Crippen LogP contribution in [0.15, 0.2) is 12.2 Å². The number of esters is 1. The predicted octanol–water partition coefficient (Wildman–Crippen LogP) is 2.05. The van der Waals surface area contributed by atoms with Gasteiger partial charge in [-0.3, -0.25) is 4.79 Å². The molecule has 0 radical (unpaired) electrons. The fourth-order valence-corrected chi connectivity index (χ4v) is 0.688. The topological polar surface area (TPSA) is 63.6 Å². The van der Waals surface area contributed by atoms with E-state index in [1.165, 1.54) is 0 Å². The van der Waals surface area contributed by atoms with Crippen LogP contribution in [0.5, 0.6) is 0 Å². The Morgan fingerprint density at radius 3 is 1.94 bits per heavy atom. The molecule has 0 saturated heterocycles. The van der Waals surface area contributed by atoms with Gasteiger partial charge in [0.05, 0.1) is 6.42 Å². The second kappa shape index (κ2) is 5.27. The lowest BCUT2D eigenvalue weighted by Crippen LogP contribution is -2.51. The summed E-state index contributed by atoms with van der Waals surface area (Å²) in [6.07, 6.45) is -12.0. The van der Waals surface area contributed by atoms with Gasteiger partial charge in [0.1, 0.15) is 0 Å². The summed E-state index contributed by atoms with van der Waals surface area (Å²) >= 11 is 0. The number of hydrogen-bond donors (Lipinski definition) is 1. The maximum Gasteiger partial charge on any atom is 0.466 e. The van der Waals surface area contributed by atoms with E-state index in [1.54, 1.807) is 0 Å². The Balaban J connectivity index is 4.98. The van der Waals surface area contributed by atoms with Gasteiger partial charge in [0, 0.05) is 5.57 Å². The normalized spacial score (nSPS) is 15.1. The fraction of sp³-hybridized carbons (Fsp3) is 0.500. The highest BCUT2D eigenvalue weighted by molar-refractivity contribution is 5.93. The van der Waals surface area contributed by atoms with Crippen LogP contribution >= 0.6 is 0 Å². The Labute approximate surface area is 95.8 Å². The predicted molar refractivity (Wildman–Crippen MR) is 43.4 cm³/mol. The first-order valence-corrected chi connectivity index (χ1v) is 4.08. The first-order valence-electron chi connectivity index (χ1n) is 4.08. The maximum atomic E-state index is 12.9. The lowest BCUT2D eigenvalue weighted by Gasteiger charge is -2.26. The Morgan fingerprint density at radius 2 is 1.67 bits per heavy atom. The van der Waals surface area contributed by atoms with E-state index in [9.17, 15) is 35.9 Å². The van der Waals surface area contributed by atoms with E-state index >= 15 is 0 Å². The zero-order chi connectivity index (χ0) is 14.7. The van der Waals surface area contributed by atoms with Crippen molar-refractivity contribution >= 4 is 11.9 Å². The van der Waals surface area contributed by atoms with Gasteiger partial charge in [0.25, 0.3) is 0 Å². The lowest BCUT2D eigenvalue weighted by molar-refractivity contribution is -0.354. The van der Waals surface area contributed by atoms with Crippen LogP contribution in [0, 0.1) is 0 Å². The molecule has 0 rings (SSSR count). The molecular weight excluding hydrogens is 274 g/mol. The molecule has 18 heavy (non-hydrogen) atoms. The minimum Gasteiger partial charge on any atom is -0.481 e. The molecule has 104 valence electrons. The van der Waals surface area contributed by atoms with Crippen LogP contribution in [0.1, 0.15) is 6.42 Å². The number of hydrogen-bond acceptors (Lipinski definition) is 3. The summed E-state index contributed by atoms with van der Waals surface area (Å²) in [6.45, 7) is 2.69. The number of aliphatic carboxylic acids is 1. The summed E-state index contributed by atoms with van der Waals surface area (Å²) in [5, 5.41) is 8.17. The molecule has 4 nitrogen and oxygen atoms in total. The van der Waals surface area contributed by atoms with E-state index in [2.05, 4.69) is 11.3 Å². The first-order chi connectivity index (χ1) is 7.91. The smallest absolute Gasteiger partial charge is 0.466 e. The van der Waals surface area contributed by atoms with Crippen molar-refractivity contribution < 1.29 is 45.8 Å². The highest BCUT2D eigenvalue weighted by Crippen LogP contribution is 2.40. The van der Waals surface area contributed by atoms with Crippen LogP contribution < -0.4 is 0 Å². The number of rotatable bonds is 5. The summed E-state index contributed by atoms with van der Waals surface area (Å²) in [5.41, 5.74) is -1.10. The highest BCUT2D eigenvalue weighted by atomic mass is 19.4. The molecule has 1 N–H and O–H groups in total. The summed E-state index contributed by atoms with van der Waals surface area (Å²) in [7, 11) is 0. The third kappa shape index (κ3) is 3.64. The average molecular weight is 280 g/mol. The van der Waals surface area contributed by atoms with Crippen LogP contribution in [0.3, 0.4) is 0 Å². The summed E-state index contributed by atoms with van der Waals surface area (Å²) in [4.78, 5) is 20.9. The van der Waals surface area contributed by atoms with E-state index in [0.717, 1.165) is 0 Å². The number of carbonyl (C=O) groups is 2. The van der Waals surface area contributed by atoms with Gasteiger partial charge in [-0.2, -0.15) is 17.6 Å². The Kier molecular flexibility index (Phi) is 4.76. The molecule has 1 atom stereocenters. The Bertz CT molecular complexity index is 363. The van der Waals surface area contributed by atoms with Crippen LogP contribution in [0.2, 0.25) is 0 Å². The van der Waals surface area contributed by atoms with Crippen molar-refractivity contribution in [2.75, 3.05) is 0 Å².